The Labute approximate surface area is 209 Å². The Kier molecular flexibility index (Phi) is 6.10. The summed E-state index contributed by atoms with van der Waals surface area (Å²) in [4.78, 5) is 14.8. The van der Waals surface area contributed by atoms with Crippen LogP contribution < -0.4 is 10.2 Å². The molecule has 1 aromatic carbocycles. The van der Waals surface area contributed by atoms with Crippen LogP contribution in [0.25, 0.3) is 16.6 Å². The smallest absolute Gasteiger partial charge is 0.378 e. The van der Waals surface area contributed by atoms with Gasteiger partial charge < -0.3 is 15.0 Å². The molecule has 1 atom stereocenters. The molecule has 0 bridgehead atoms. The summed E-state index contributed by atoms with van der Waals surface area (Å²) in [6, 6.07) is 8.61. The summed E-state index contributed by atoms with van der Waals surface area (Å²) in [5, 5.41) is 13.4. The first-order chi connectivity index (χ1) is 17.2. The first-order valence-corrected chi connectivity index (χ1v) is 11.6. The number of aromatic nitrogens is 4. The zero-order chi connectivity index (χ0) is 25.6. The minimum absolute atomic E-state index is 0.138. The molecule has 3 aromatic heterocycles. The van der Waals surface area contributed by atoms with Crippen molar-refractivity contribution in [3.8, 4) is 6.07 Å². The minimum Gasteiger partial charge on any atom is -0.378 e. The second kappa shape index (κ2) is 9.11. The summed E-state index contributed by atoms with van der Waals surface area (Å²) in [5.41, 5.74) is 1.92. The monoisotopic (exact) mass is 515 g/mol. The van der Waals surface area contributed by atoms with E-state index in [-0.39, 0.29) is 22.5 Å². The maximum absolute atomic E-state index is 13.6. The Bertz CT molecular complexity index is 1510. The number of fused-ring (bicyclic) bond motifs is 3. The van der Waals surface area contributed by atoms with Gasteiger partial charge in [-0.1, -0.05) is 17.7 Å². The van der Waals surface area contributed by atoms with E-state index in [9.17, 15) is 18.4 Å². The number of imidazole rings is 1. The maximum atomic E-state index is 13.6. The topological polar surface area (TPSA) is 91.4 Å². The van der Waals surface area contributed by atoms with Crippen LogP contribution in [0.3, 0.4) is 0 Å². The maximum Gasteiger partial charge on any atom is 0.434 e. The van der Waals surface area contributed by atoms with Crippen LogP contribution >= 0.6 is 11.6 Å². The summed E-state index contributed by atoms with van der Waals surface area (Å²) in [6.45, 7) is 5.62. The standard InChI is InChI=1S/C24H21ClF3N7O/c1-13-9-15(14(2)30-17-3-4-20(25)31-18(17)11-29)21-16(10-13)22-32-19(24(26,27)28)12-35(22)23(33-21)34-5-7-36-8-6-34/h3-4,9-10,12,14,30H,5-8H2,1-2H3/t14-/m1/s1. The third-order valence-electron chi connectivity index (χ3n) is 6.05. The first-order valence-electron chi connectivity index (χ1n) is 11.2. The fraction of sp³-hybridized carbons (Fsp3) is 0.333. The minimum atomic E-state index is -4.60. The lowest BCUT2D eigenvalue weighted by Crippen LogP contribution is -2.38. The molecule has 186 valence electrons. The molecule has 0 radical (unpaired) electrons. The second-order valence-corrected chi connectivity index (χ2v) is 8.97. The number of nitrogens with zero attached hydrogens (tertiary/aromatic N) is 6. The quantitative estimate of drug-likeness (QED) is 0.376. The molecule has 12 heteroatoms. The average molecular weight is 516 g/mol. The van der Waals surface area contributed by atoms with Gasteiger partial charge in [-0.25, -0.2) is 15.0 Å². The zero-order valence-corrected chi connectivity index (χ0v) is 20.2. The van der Waals surface area contributed by atoms with Gasteiger partial charge in [0.15, 0.2) is 11.4 Å². The summed E-state index contributed by atoms with van der Waals surface area (Å²) in [7, 11) is 0. The fourth-order valence-corrected chi connectivity index (χ4v) is 4.53. The molecule has 8 nitrogen and oxygen atoms in total. The lowest BCUT2D eigenvalue weighted by atomic mass is 10.0. The Balaban J connectivity index is 1.71. The van der Waals surface area contributed by atoms with Gasteiger partial charge in [0.1, 0.15) is 16.9 Å². The number of nitriles is 1. The summed E-state index contributed by atoms with van der Waals surface area (Å²) < 4.78 is 47.8. The molecule has 0 unspecified atom stereocenters. The van der Waals surface area contributed by atoms with Crippen molar-refractivity contribution in [2.45, 2.75) is 26.1 Å². The van der Waals surface area contributed by atoms with E-state index in [1.54, 1.807) is 18.2 Å². The van der Waals surface area contributed by atoms with Gasteiger partial charge in [0.05, 0.1) is 30.5 Å². The predicted octanol–water partition coefficient (Wildman–Crippen LogP) is 5.14. The van der Waals surface area contributed by atoms with Crippen molar-refractivity contribution in [1.82, 2.24) is 19.4 Å². The van der Waals surface area contributed by atoms with Crippen LogP contribution in [0.1, 0.15) is 35.5 Å². The number of hydrogen-bond acceptors (Lipinski definition) is 7. The van der Waals surface area contributed by atoms with Gasteiger partial charge >= 0.3 is 6.18 Å². The number of benzene rings is 1. The van der Waals surface area contributed by atoms with E-state index >= 15 is 0 Å². The number of aryl methyl sites for hydroxylation is 1. The highest BCUT2D eigenvalue weighted by atomic mass is 35.5. The molecule has 0 amide bonds. The van der Waals surface area contributed by atoms with Crippen molar-refractivity contribution in [2.24, 2.45) is 0 Å². The third-order valence-corrected chi connectivity index (χ3v) is 6.26. The molecule has 1 saturated heterocycles. The lowest BCUT2D eigenvalue weighted by Gasteiger charge is -2.29. The number of pyridine rings is 1. The molecule has 4 aromatic rings. The second-order valence-electron chi connectivity index (χ2n) is 8.59. The van der Waals surface area contributed by atoms with Gasteiger partial charge in [-0.05, 0) is 37.6 Å². The van der Waals surface area contributed by atoms with Crippen molar-refractivity contribution in [3.63, 3.8) is 0 Å². The summed E-state index contributed by atoms with van der Waals surface area (Å²) in [5.74, 6) is 0.368. The Hall–Kier alpha value is -3.62. The molecule has 4 heterocycles. The highest BCUT2D eigenvalue weighted by molar-refractivity contribution is 6.29. The molecule has 0 aliphatic carbocycles. The SMILES string of the molecule is Cc1cc([C@@H](C)Nc2ccc(Cl)nc2C#N)c2nc(N3CCOCC3)n3cc(C(F)(F)F)nc3c2c1. The highest BCUT2D eigenvalue weighted by Gasteiger charge is 2.35. The van der Waals surface area contributed by atoms with Crippen molar-refractivity contribution >= 4 is 39.8 Å². The van der Waals surface area contributed by atoms with E-state index in [2.05, 4.69) is 15.3 Å². The molecular formula is C24H21ClF3N7O. The molecule has 1 fully saturated rings. The largest absolute Gasteiger partial charge is 0.434 e. The third kappa shape index (κ3) is 4.38. The molecule has 5 rings (SSSR count). The number of anilines is 2. The van der Waals surface area contributed by atoms with Crippen molar-refractivity contribution in [2.75, 3.05) is 36.5 Å². The number of alkyl halides is 3. The van der Waals surface area contributed by atoms with E-state index in [0.717, 1.165) is 17.3 Å². The van der Waals surface area contributed by atoms with Crippen molar-refractivity contribution in [1.29, 1.82) is 5.26 Å². The molecule has 1 aliphatic rings. The van der Waals surface area contributed by atoms with Gasteiger partial charge in [-0.3, -0.25) is 4.40 Å². The number of hydrogen-bond donors (Lipinski definition) is 1. The summed E-state index contributed by atoms with van der Waals surface area (Å²) in [6.07, 6.45) is -3.60. The first kappa shape index (κ1) is 24.1. The van der Waals surface area contributed by atoms with Crippen LogP contribution in [0, 0.1) is 18.3 Å². The number of ether oxygens (including phenoxy) is 1. The molecule has 1 N–H and O–H groups in total. The Morgan fingerprint density at radius 1 is 1.17 bits per heavy atom. The molecule has 0 saturated carbocycles. The van der Waals surface area contributed by atoms with Crippen LogP contribution in [0.2, 0.25) is 5.15 Å². The zero-order valence-electron chi connectivity index (χ0n) is 19.4. The van der Waals surface area contributed by atoms with Gasteiger partial charge in [0, 0.05) is 30.2 Å². The van der Waals surface area contributed by atoms with Crippen LogP contribution in [0.15, 0.2) is 30.5 Å². The van der Waals surface area contributed by atoms with Gasteiger partial charge in [0.25, 0.3) is 0 Å². The number of rotatable bonds is 4. The van der Waals surface area contributed by atoms with Gasteiger partial charge in [0.2, 0.25) is 5.95 Å². The number of morpholine rings is 1. The van der Waals surface area contributed by atoms with Crippen LogP contribution in [0.4, 0.5) is 24.8 Å². The van der Waals surface area contributed by atoms with Gasteiger partial charge in [-0.15, -0.1) is 0 Å². The summed E-state index contributed by atoms with van der Waals surface area (Å²) >= 11 is 5.93. The Morgan fingerprint density at radius 3 is 2.61 bits per heavy atom. The molecule has 36 heavy (non-hydrogen) atoms. The van der Waals surface area contributed by atoms with Crippen molar-refractivity contribution in [3.05, 3.63) is 58.1 Å². The molecule has 0 spiro atoms. The normalized spacial score (nSPS) is 15.3. The van der Waals surface area contributed by atoms with E-state index in [1.807, 2.05) is 30.9 Å². The van der Waals surface area contributed by atoms with Crippen molar-refractivity contribution < 1.29 is 17.9 Å². The average Bonchev–Trinajstić information content (AvgIpc) is 3.31. The van der Waals surface area contributed by atoms with E-state index in [4.69, 9.17) is 21.3 Å². The molecule has 1 aliphatic heterocycles. The van der Waals surface area contributed by atoms with Crippen LogP contribution in [0.5, 0.6) is 0 Å². The van der Waals surface area contributed by atoms with Gasteiger partial charge in [-0.2, -0.15) is 18.4 Å². The van der Waals surface area contributed by atoms with E-state index in [0.29, 0.717) is 48.8 Å². The van der Waals surface area contributed by atoms with E-state index in [1.165, 1.54) is 4.40 Å². The van der Waals surface area contributed by atoms with Crippen LogP contribution in [-0.2, 0) is 10.9 Å². The lowest BCUT2D eigenvalue weighted by molar-refractivity contribution is -0.140. The molecular weight excluding hydrogens is 495 g/mol. The highest BCUT2D eigenvalue weighted by Crippen LogP contribution is 2.35. The Morgan fingerprint density at radius 2 is 1.92 bits per heavy atom. The van der Waals surface area contributed by atoms with E-state index < -0.39 is 11.9 Å². The number of halogens is 4. The predicted molar refractivity (Wildman–Crippen MR) is 129 cm³/mol. The fourth-order valence-electron chi connectivity index (χ4n) is 4.38. The number of nitrogens with one attached hydrogen (secondary N) is 1. The van der Waals surface area contributed by atoms with Crippen LogP contribution in [-0.4, -0.2) is 45.7 Å².